The van der Waals surface area contributed by atoms with Gasteiger partial charge in [0.2, 0.25) is 11.4 Å². The van der Waals surface area contributed by atoms with E-state index < -0.39 is 29.4 Å². The topological polar surface area (TPSA) is 66.4 Å². The van der Waals surface area contributed by atoms with Crippen molar-refractivity contribution in [2.24, 2.45) is 0 Å². The van der Waals surface area contributed by atoms with Crippen molar-refractivity contribution in [2.75, 3.05) is 0 Å². The average molecular weight is 307 g/mol. The van der Waals surface area contributed by atoms with Gasteiger partial charge in [-0.3, -0.25) is 4.79 Å². The van der Waals surface area contributed by atoms with Crippen LogP contribution in [0.4, 0.5) is 17.6 Å². The van der Waals surface area contributed by atoms with Crippen LogP contribution in [0.15, 0.2) is 24.3 Å². The summed E-state index contributed by atoms with van der Waals surface area (Å²) in [7, 11) is 0. The van der Waals surface area contributed by atoms with Gasteiger partial charge < -0.3 is 10.4 Å². The molecule has 1 unspecified atom stereocenters. The van der Waals surface area contributed by atoms with Gasteiger partial charge >= 0.3 is 12.1 Å². The second-order valence-corrected chi connectivity index (χ2v) is 4.60. The van der Waals surface area contributed by atoms with Gasteiger partial charge in [-0.15, -0.1) is 0 Å². The Hall–Kier alpha value is -2.12. The van der Waals surface area contributed by atoms with Crippen molar-refractivity contribution in [1.82, 2.24) is 5.32 Å². The van der Waals surface area contributed by atoms with Gasteiger partial charge in [0.15, 0.2) is 0 Å². The van der Waals surface area contributed by atoms with Crippen LogP contribution >= 0.6 is 0 Å². The van der Waals surface area contributed by atoms with Crippen LogP contribution in [0.1, 0.15) is 18.9 Å². The molecule has 4 nitrogen and oxygen atoms in total. The predicted molar refractivity (Wildman–Crippen MR) is 65.0 cm³/mol. The molecule has 0 saturated heterocycles. The van der Waals surface area contributed by atoms with Crippen molar-refractivity contribution in [1.29, 1.82) is 0 Å². The molecule has 8 heteroatoms. The number of alkyl halides is 3. The molecule has 1 atom stereocenters. The van der Waals surface area contributed by atoms with E-state index in [2.05, 4.69) is 0 Å². The highest BCUT2D eigenvalue weighted by Crippen LogP contribution is 2.30. The lowest BCUT2D eigenvalue weighted by molar-refractivity contribution is -0.207. The number of amides is 1. The van der Waals surface area contributed by atoms with Crippen molar-refractivity contribution in [3.63, 3.8) is 0 Å². The molecule has 0 spiro atoms. The number of carboxylic acids is 1. The highest BCUT2D eigenvalue weighted by atomic mass is 19.4. The van der Waals surface area contributed by atoms with Crippen molar-refractivity contribution in [3.05, 3.63) is 35.6 Å². The van der Waals surface area contributed by atoms with Crippen molar-refractivity contribution < 1.29 is 32.3 Å². The van der Waals surface area contributed by atoms with Crippen molar-refractivity contribution in [3.8, 4) is 0 Å². The van der Waals surface area contributed by atoms with E-state index in [1.165, 1.54) is 17.4 Å². The van der Waals surface area contributed by atoms with E-state index in [1.807, 2.05) is 0 Å². The zero-order valence-electron chi connectivity index (χ0n) is 11.0. The summed E-state index contributed by atoms with van der Waals surface area (Å²) in [6, 6.07) is 5.10. The highest BCUT2D eigenvalue weighted by molar-refractivity contribution is 5.87. The van der Waals surface area contributed by atoms with Crippen LogP contribution in [0.2, 0.25) is 0 Å². The fourth-order valence-electron chi connectivity index (χ4n) is 1.50. The van der Waals surface area contributed by atoms with Crippen LogP contribution in [0.25, 0.3) is 0 Å². The third-order valence-corrected chi connectivity index (χ3v) is 2.94. The number of halogens is 4. The molecule has 0 aromatic heterocycles. The molecule has 2 N–H and O–H groups in total. The first-order chi connectivity index (χ1) is 9.56. The van der Waals surface area contributed by atoms with Crippen LogP contribution in [-0.2, 0) is 16.0 Å². The monoisotopic (exact) mass is 307 g/mol. The Morgan fingerprint density at radius 2 is 1.71 bits per heavy atom. The predicted octanol–water partition coefficient (Wildman–Crippen LogP) is 2.28. The molecule has 1 aromatic rings. The van der Waals surface area contributed by atoms with E-state index in [1.54, 1.807) is 0 Å². The third-order valence-electron chi connectivity index (χ3n) is 2.94. The van der Waals surface area contributed by atoms with Gasteiger partial charge in [0.25, 0.3) is 0 Å². The van der Waals surface area contributed by atoms with E-state index in [-0.39, 0.29) is 12.8 Å². The minimum Gasteiger partial charge on any atom is -0.479 e. The number of aliphatic carboxylic acids is 1. The van der Waals surface area contributed by atoms with E-state index >= 15 is 0 Å². The highest BCUT2D eigenvalue weighted by Gasteiger charge is 2.58. The Morgan fingerprint density at radius 3 is 2.14 bits per heavy atom. The zero-order chi connectivity index (χ0) is 16.3. The number of hydrogen-bond acceptors (Lipinski definition) is 2. The third kappa shape index (κ3) is 4.17. The summed E-state index contributed by atoms with van der Waals surface area (Å²) >= 11 is 0. The Labute approximate surface area is 117 Å². The molecule has 1 rings (SSSR count). The molecule has 1 aromatic carbocycles. The minimum atomic E-state index is -5.12. The molecule has 116 valence electrons. The lowest BCUT2D eigenvalue weighted by Crippen LogP contribution is -2.61. The maximum atomic E-state index is 12.7. The quantitative estimate of drug-likeness (QED) is 0.820. The Balaban J connectivity index is 2.67. The molecule has 0 fully saturated rings. The number of benzene rings is 1. The Kier molecular flexibility index (Phi) is 4.93. The number of aryl methyl sites for hydroxylation is 1. The number of carbonyl (C=O) groups is 2. The maximum absolute atomic E-state index is 12.7. The summed E-state index contributed by atoms with van der Waals surface area (Å²) in [6.45, 7) is 0.380. The van der Waals surface area contributed by atoms with Crippen LogP contribution in [0.5, 0.6) is 0 Å². The first-order valence-electron chi connectivity index (χ1n) is 5.92. The first kappa shape index (κ1) is 16.9. The normalized spacial score (nSPS) is 14.3. The van der Waals surface area contributed by atoms with Crippen LogP contribution in [-0.4, -0.2) is 28.7 Å². The molecular formula is C13H13F4NO3. The lowest BCUT2D eigenvalue weighted by Gasteiger charge is -2.28. The van der Waals surface area contributed by atoms with E-state index in [4.69, 9.17) is 5.11 Å². The van der Waals surface area contributed by atoms with Gasteiger partial charge in [0, 0.05) is 6.42 Å². The van der Waals surface area contributed by atoms with Gasteiger partial charge in [-0.1, -0.05) is 12.1 Å². The van der Waals surface area contributed by atoms with E-state index in [0.717, 1.165) is 12.1 Å². The number of carbonyl (C=O) groups excluding carboxylic acids is 1. The molecule has 0 aliphatic rings. The standard InChI is InChI=1S/C13H13F4NO3/c1-12(11(20)21,13(15,16)17)18-10(19)7-4-8-2-5-9(14)6-3-8/h2-3,5-6H,4,7H2,1H3,(H,18,19)(H,20,21). The second kappa shape index (κ2) is 6.11. The summed E-state index contributed by atoms with van der Waals surface area (Å²) < 4.78 is 50.7. The molecular weight excluding hydrogens is 294 g/mol. The van der Waals surface area contributed by atoms with Gasteiger partial charge in [0.05, 0.1) is 0 Å². The largest absolute Gasteiger partial charge is 0.479 e. The Bertz CT molecular complexity index is 527. The fraction of sp³-hybridized carbons (Fsp3) is 0.385. The van der Waals surface area contributed by atoms with Gasteiger partial charge in [0.1, 0.15) is 5.82 Å². The lowest BCUT2D eigenvalue weighted by atomic mass is 10.0. The number of hydrogen-bond donors (Lipinski definition) is 2. The van der Waals surface area contributed by atoms with Gasteiger partial charge in [-0.05, 0) is 31.0 Å². The number of nitrogens with one attached hydrogen (secondary N) is 1. The molecule has 0 aliphatic heterocycles. The van der Waals surface area contributed by atoms with Gasteiger partial charge in [-0.2, -0.15) is 13.2 Å². The number of rotatable bonds is 5. The van der Waals surface area contributed by atoms with E-state index in [9.17, 15) is 27.2 Å². The average Bonchev–Trinajstić information content (AvgIpc) is 2.36. The summed E-state index contributed by atoms with van der Waals surface area (Å²) in [5.74, 6) is -3.72. The molecule has 21 heavy (non-hydrogen) atoms. The summed E-state index contributed by atoms with van der Waals surface area (Å²) in [6.07, 6.45) is -5.39. The SMILES string of the molecule is CC(NC(=O)CCc1ccc(F)cc1)(C(=O)O)C(F)(F)F. The molecule has 0 radical (unpaired) electrons. The van der Waals surface area contributed by atoms with Crippen molar-refractivity contribution >= 4 is 11.9 Å². The molecule has 1 amide bonds. The van der Waals surface area contributed by atoms with E-state index in [0.29, 0.717) is 12.5 Å². The Morgan fingerprint density at radius 1 is 1.19 bits per heavy atom. The van der Waals surface area contributed by atoms with Crippen LogP contribution < -0.4 is 5.32 Å². The second-order valence-electron chi connectivity index (χ2n) is 4.60. The minimum absolute atomic E-state index is 0.0691. The first-order valence-corrected chi connectivity index (χ1v) is 5.92. The maximum Gasteiger partial charge on any atom is 0.422 e. The summed E-state index contributed by atoms with van der Waals surface area (Å²) in [5, 5.41) is 10.1. The fourth-order valence-corrected chi connectivity index (χ4v) is 1.50. The molecule has 0 heterocycles. The zero-order valence-corrected chi connectivity index (χ0v) is 11.0. The smallest absolute Gasteiger partial charge is 0.422 e. The summed E-state index contributed by atoms with van der Waals surface area (Å²) in [5.41, 5.74) is -2.79. The molecule has 0 aliphatic carbocycles. The molecule has 0 saturated carbocycles. The van der Waals surface area contributed by atoms with Crippen LogP contribution in [0.3, 0.4) is 0 Å². The van der Waals surface area contributed by atoms with Crippen LogP contribution in [0, 0.1) is 5.82 Å². The molecule has 0 bridgehead atoms. The van der Waals surface area contributed by atoms with Gasteiger partial charge in [-0.25, -0.2) is 9.18 Å². The summed E-state index contributed by atoms with van der Waals surface area (Å²) in [4.78, 5) is 22.2. The van der Waals surface area contributed by atoms with Crippen molar-refractivity contribution in [2.45, 2.75) is 31.5 Å². The number of carboxylic acid groups (broad SMARTS) is 1.